The van der Waals surface area contributed by atoms with Crippen molar-refractivity contribution in [1.82, 2.24) is 0 Å². The molecule has 16 heavy (non-hydrogen) atoms. The van der Waals surface area contributed by atoms with Crippen molar-refractivity contribution in [2.24, 2.45) is 5.73 Å². The number of hydrogen-bond donors (Lipinski definition) is 3. The van der Waals surface area contributed by atoms with Gasteiger partial charge in [-0.3, -0.25) is 4.79 Å². The third-order valence-electron chi connectivity index (χ3n) is 2.69. The van der Waals surface area contributed by atoms with Crippen molar-refractivity contribution in [3.8, 4) is 5.75 Å². The van der Waals surface area contributed by atoms with Crippen molar-refractivity contribution in [2.75, 3.05) is 0 Å². The number of carboxylic acids is 1. The SMILES string of the molecule is CC(C)(c1ccc(O)cc1Cl)C(N)C(=O)O. The molecule has 4 N–H and O–H groups in total. The van der Waals surface area contributed by atoms with E-state index in [1.807, 2.05) is 0 Å². The second-order valence-electron chi connectivity index (χ2n) is 4.20. The van der Waals surface area contributed by atoms with Crippen LogP contribution in [0.5, 0.6) is 5.75 Å². The molecule has 0 amide bonds. The number of phenolic OH excluding ortho intramolecular Hbond substituents is 1. The van der Waals surface area contributed by atoms with Crippen molar-refractivity contribution in [3.05, 3.63) is 28.8 Å². The Morgan fingerprint density at radius 2 is 2.06 bits per heavy atom. The maximum absolute atomic E-state index is 10.9. The summed E-state index contributed by atoms with van der Waals surface area (Å²) in [7, 11) is 0. The number of aliphatic carboxylic acids is 1. The fraction of sp³-hybridized carbons (Fsp3) is 0.364. The van der Waals surface area contributed by atoms with E-state index in [2.05, 4.69) is 0 Å². The lowest BCUT2D eigenvalue weighted by Crippen LogP contribution is -2.46. The van der Waals surface area contributed by atoms with Gasteiger partial charge >= 0.3 is 5.97 Å². The van der Waals surface area contributed by atoms with E-state index in [1.54, 1.807) is 19.9 Å². The number of carboxylic acid groups (broad SMARTS) is 1. The zero-order valence-corrected chi connectivity index (χ0v) is 9.82. The van der Waals surface area contributed by atoms with E-state index in [0.717, 1.165) is 0 Å². The molecule has 0 aliphatic rings. The second-order valence-corrected chi connectivity index (χ2v) is 4.61. The number of aromatic hydroxyl groups is 1. The molecule has 88 valence electrons. The van der Waals surface area contributed by atoms with Gasteiger partial charge in [0.05, 0.1) is 0 Å². The van der Waals surface area contributed by atoms with E-state index in [1.165, 1.54) is 12.1 Å². The molecule has 0 spiro atoms. The molecule has 1 aromatic carbocycles. The number of rotatable bonds is 3. The van der Waals surface area contributed by atoms with E-state index in [9.17, 15) is 9.90 Å². The Labute approximate surface area is 98.6 Å². The maximum Gasteiger partial charge on any atom is 0.321 e. The Morgan fingerprint density at radius 1 is 1.50 bits per heavy atom. The fourth-order valence-corrected chi connectivity index (χ4v) is 1.92. The fourth-order valence-electron chi connectivity index (χ4n) is 1.50. The molecule has 0 saturated carbocycles. The Balaban J connectivity index is 3.21. The van der Waals surface area contributed by atoms with Crippen LogP contribution in [0.25, 0.3) is 0 Å². The molecule has 1 rings (SSSR count). The van der Waals surface area contributed by atoms with Crippen LogP contribution in [0.3, 0.4) is 0 Å². The minimum atomic E-state index is -1.09. The molecule has 0 aliphatic heterocycles. The monoisotopic (exact) mass is 243 g/mol. The smallest absolute Gasteiger partial charge is 0.321 e. The highest BCUT2D eigenvalue weighted by molar-refractivity contribution is 6.31. The van der Waals surface area contributed by atoms with Gasteiger partial charge in [-0.2, -0.15) is 0 Å². The van der Waals surface area contributed by atoms with Crippen LogP contribution in [-0.4, -0.2) is 22.2 Å². The van der Waals surface area contributed by atoms with E-state index in [4.69, 9.17) is 22.4 Å². The van der Waals surface area contributed by atoms with Crippen LogP contribution >= 0.6 is 11.6 Å². The van der Waals surface area contributed by atoms with Gasteiger partial charge in [-0.05, 0) is 17.7 Å². The largest absolute Gasteiger partial charge is 0.508 e. The average molecular weight is 244 g/mol. The van der Waals surface area contributed by atoms with Gasteiger partial charge in [0.15, 0.2) is 0 Å². The average Bonchev–Trinajstić information content (AvgIpc) is 2.15. The van der Waals surface area contributed by atoms with Crippen LogP contribution in [-0.2, 0) is 10.2 Å². The first-order valence-electron chi connectivity index (χ1n) is 4.74. The molecule has 5 heteroatoms. The summed E-state index contributed by atoms with van der Waals surface area (Å²) in [4.78, 5) is 10.9. The van der Waals surface area contributed by atoms with Gasteiger partial charge in [0.2, 0.25) is 0 Å². The molecule has 0 saturated heterocycles. The zero-order valence-electron chi connectivity index (χ0n) is 9.07. The Hall–Kier alpha value is -1.26. The van der Waals surface area contributed by atoms with Gasteiger partial charge in [0.1, 0.15) is 11.8 Å². The summed E-state index contributed by atoms with van der Waals surface area (Å²) in [6, 6.07) is 3.35. The van der Waals surface area contributed by atoms with Gasteiger partial charge in [-0.25, -0.2) is 0 Å². The number of nitrogens with two attached hydrogens (primary N) is 1. The molecule has 1 aromatic rings. The molecule has 0 aliphatic carbocycles. The van der Waals surface area contributed by atoms with Crippen molar-refractivity contribution < 1.29 is 15.0 Å². The lowest BCUT2D eigenvalue weighted by atomic mass is 9.78. The van der Waals surface area contributed by atoms with Crippen molar-refractivity contribution in [3.63, 3.8) is 0 Å². The van der Waals surface area contributed by atoms with Crippen LogP contribution < -0.4 is 5.73 Å². The van der Waals surface area contributed by atoms with Crippen molar-refractivity contribution >= 4 is 17.6 Å². The van der Waals surface area contributed by atoms with E-state index in [0.29, 0.717) is 10.6 Å². The van der Waals surface area contributed by atoms with Crippen LogP contribution in [0.15, 0.2) is 18.2 Å². The number of halogens is 1. The molecule has 0 fully saturated rings. The molecule has 4 nitrogen and oxygen atoms in total. The molecule has 0 aromatic heterocycles. The summed E-state index contributed by atoms with van der Waals surface area (Å²) < 4.78 is 0. The normalized spacial score (nSPS) is 13.5. The highest BCUT2D eigenvalue weighted by Crippen LogP contribution is 2.34. The molecule has 0 radical (unpaired) electrons. The van der Waals surface area contributed by atoms with E-state index in [-0.39, 0.29) is 5.75 Å². The first-order chi connectivity index (χ1) is 7.26. The minimum absolute atomic E-state index is 0.0356. The highest BCUT2D eigenvalue weighted by atomic mass is 35.5. The van der Waals surface area contributed by atoms with Gasteiger partial charge in [0.25, 0.3) is 0 Å². The lowest BCUT2D eigenvalue weighted by molar-refractivity contribution is -0.140. The second kappa shape index (κ2) is 4.31. The summed E-state index contributed by atoms with van der Waals surface area (Å²) in [5.74, 6) is -1.05. The molecular formula is C11H14ClNO3. The molecule has 1 unspecified atom stereocenters. The van der Waals surface area contributed by atoms with Crippen LogP contribution in [0, 0.1) is 0 Å². The van der Waals surface area contributed by atoms with Gasteiger partial charge in [-0.15, -0.1) is 0 Å². The first-order valence-corrected chi connectivity index (χ1v) is 5.12. The zero-order chi connectivity index (χ0) is 12.5. The molecular weight excluding hydrogens is 230 g/mol. The van der Waals surface area contributed by atoms with Gasteiger partial charge < -0.3 is 15.9 Å². The number of hydrogen-bond acceptors (Lipinski definition) is 3. The number of phenols is 1. The van der Waals surface area contributed by atoms with Gasteiger partial charge in [0, 0.05) is 10.4 Å². The summed E-state index contributed by atoms with van der Waals surface area (Å²) in [5, 5.41) is 18.4. The van der Waals surface area contributed by atoms with Crippen molar-refractivity contribution in [2.45, 2.75) is 25.3 Å². The Morgan fingerprint density at radius 3 is 2.50 bits per heavy atom. The predicted molar refractivity (Wildman–Crippen MR) is 61.8 cm³/mol. The number of carbonyl (C=O) groups is 1. The predicted octanol–water partition coefficient (Wildman–Crippen LogP) is 1.74. The van der Waals surface area contributed by atoms with Crippen molar-refractivity contribution in [1.29, 1.82) is 0 Å². The molecule has 0 bridgehead atoms. The summed E-state index contributed by atoms with van der Waals surface area (Å²) >= 11 is 5.95. The van der Waals surface area contributed by atoms with Crippen LogP contribution in [0.2, 0.25) is 5.02 Å². The minimum Gasteiger partial charge on any atom is -0.508 e. The third-order valence-corrected chi connectivity index (χ3v) is 3.00. The van der Waals surface area contributed by atoms with Crippen LogP contribution in [0.4, 0.5) is 0 Å². The Bertz CT molecular complexity index is 418. The van der Waals surface area contributed by atoms with E-state index >= 15 is 0 Å². The van der Waals surface area contributed by atoms with Crippen LogP contribution in [0.1, 0.15) is 19.4 Å². The summed E-state index contributed by atoms with van der Waals surface area (Å²) in [6.07, 6.45) is 0. The lowest BCUT2D eigenvalue weighted by Gasteiger charge is -2.30. The standard InChI is InChI=1S/C11H14ClNO3/c1-11(2,9(13)10(15)16)7-4-3-6(14)5-8(7)12/h3-5,9,14H,13H2,1-2H3,(H,15,16). The quantitative estimate of drug-likeness (QED) is 0.755. The van der Waals surface area contributed by atoms with E-state index < -0.39 is 17.4 Å². The highest BCUT2D eigenvalue weighted by Gasteiger charge is 2.35. The first kappa shape index (κ1) is 12.8. The summed E-state index contributed by atoms with van der Waals surface area (Å²) in [5.41, 5.74) is 5.40. The third kappa shape index (κ3) is 2.28. The molecule has 0 heterocycles. The Kier molecular flexibility index (Phi) is 3.45. The number of benzene rings is 1. The maximum atomic E-state index is 10.9. The molecule has 1 atom stereocenters. The topological polar surface area (TPSA) is 83.5 Å². The van der Waals surface area contributed by atoms with Gasteiger partial charge in [-0.1, -0.05) is 31.5 Å². The summed E-state index contributed by atoms with van der Waals surface area (Å²) in [6.45, 7) is 3.40.